The lowest BCUT2D eigenvalue weighted by molar-refractivity contribution is -0.264. The van der Waals surface area contributed by atoms with Crippen molar-refractivity contribution < 1.29 is 23.7 Å². The molecule has 0 aliphatic heterocycles. The van der Waals surface area contributed by atoms with Crippen LogP contribution in [0.1, 0.15) is 37.7 Å². The highest BCUT2D eigenvalue weighted by Gasteiger charge is 2.67. The minimum atomic E-state index is 0.171. The molecular weight excluding hydrogens is 590 g/mol. The third-order valence-electron chi connectivity index (χ3n) is 10.4. The summed E-state index contributed by atoms with van der Waals surface area (Å²) in [5.41, 5.74) is 6.53. The maximum absolute atomic E-state index is 6.32. The average Bonchev–Trinajstić information content (AvgIpc) is 3.34. The van der Waals surface area contributed by atoms with Gasteiger partial charge in [0.25, 0.3) is 0 Å². The van der Waals surface area contributed by atoms with E-state index in [1.54, 1.807) is 0 Å². The molecule has 0 atom stereocenters. The molecule has 0 spiro atoms. The molecule has 0 unspecified atom stereocenters. The van der Waals surface area contributed by atoms with Crippen molar-refractivity contribution >= 4 is 21.8 Å². The van der Waals surface area contributed by atoms with Crippen molar-refractivity contribution in [2.45, 2.75) is 50.9 Å². The van der Waals surface area contributed by atoms with Gasteiger partial charge in [0.2, 0.25) is 5.88 Å². The number of fused-ring (bicyclic) bond motifs is 3. The Morgan fingerprint density at radius 3 is 2.30 bits per heavy atom. The summed E-state index contributed by atoms with van der Waals surface area (Å²) in [4.78, 5) is 8.94. The minimum absolute atomic E-state index is 0.171. The van der Waals surface area contributed by atoms with E-state index in [9.17, 15) is 0 Å². The van der Waals surface area contributed by atoms with E-state index >= 15 is 0 Å². The Labute approximate surface area is 276 Å². The van der Waals surface area contributed by atoms with E-state index in [4.69, 9.17) is 23.7 Å². The van der Waals surface area contributed by atoms with Crippen LogP contribution in [0.15, 0.2) is 85.3 Å². The van der Waals surface area contributed by atoms with Crippen molar-refractivity contribution in [3.63, 3.8) is 0 Å². The highest BCUT2D eigenvalue weighted by Crippen LogP contribution is 2.73. The first kappa shape index (κ1) is 30.5. The van der Waals surface area contributed by atoms with Gasteiger partial charge in [-0.25, -0.2) is 4.98 Å². The Kier molecular flexibility index (Phi) is 8.44. The van der Waals surface area contributed by atoms with Crippen LogP contribution >= 0.6 is 0 Å². The lowest BCUT2D eigenvalue weighted by Crippen LogP contribution is -2.66. The van der Waals surface area contributed by atoms with E-state index < -0.39 is 0 Å². The van der Waals surface area contributed by atoms with E-state index in [0.29, 0.717) is 49.7 Å². The second-order valence-electron chi connectivity index (χ2n) is 13.9. The van der Waals surface area contributed by atoms with Crippen LogP contribution in [-0.2, 0) is 32.6 Å². The van der Waals surface area contributed by atoms with Gasteiger partial charge in [-0.2, -0.15) is 0 Å². The van der Waals surface area contributed by atoms with Crippen molar-refractivity contribution in [2.24, 2.45) is 17.9 Å². The second kappa shape index (κ2) is 13.0. The summed E-state index contributed by atoms with van der Waals surface area (Å²) in [5, 5.41) is 2.39. The predicted octanol–water partition coefficient (Wildman–Crippen LogP) is 7.14. The molecule has 4 fully saturated rings. The van der Waals surface area contributed by atoms with Gasteiger partial charge in [0.15, 0.2) is 0 Å². The standard InChI is InChI=1S/C39H43N3O5/c1-42-35-11-12-40-21-34(35)33-9-7-29(17-36(33)42)30-8-10-37(41-20-30)47-32-18-31(19-32)46-27-39-23-38(24-39,25-39)26-45-16-14-43-13-15-44-22-28-5-3-2-4-6-28/h2-12,17,20-21,31-32H,13-16,18-19,22-27H2,1H3. The number of ether oxygens (including phenoxy) is 5. The van der Waals surface area contributed by atoms with E-state index in [-0.39, 0.29) is 12.2 Å². The summed E-state index contributed by atoms with van der Waals surface area (Å²) in [6, 6.07) is 22.9. The van der Waals surface area contributed by atoms with Gasteiger partial charge in [-0.1, -0.05) is 42.5 Å². The van der Waals surface area contributed by atoms with Crippen LogP contribution in [0.3, 0.4) is 0 Å². The summed E-state index contributed by atoms with van der Waals surface area (Å²) in [5.74, 6) is 0.678. The summed E-state index contributed by atoms with van der Waals surface area (Å²) in [6.45, 7) is 4.78. The number of aromatic nitrogens is 3. The van der Waals surface area contributed by atoms with Crippen molar-refractivity contribution in [1.29, 1.82) is 0 Å². The third kappa shape index (κ3) is 6.40. The quantitative estimate of drug-likeness (QED) is 0.107. The molecular formula is C39H43N3O5. The average molecular weight is 634 g/mol. The fraction of sp³-hybridized carbons (Fsp3) is 0.436. The van der Waals surface area contributed by atoms with Crippen molar-refractivity contribution in [3.05, 3.63) is 90.9 Å². The fourth-order valence-electron chi connectivity index (χ4n) is 8.00. The van der Waals surface area contributed by atoms with Gasteiger partial charge in [-0.3, -0.25) is 4.98 Å². The number of pyridine rings is 2. The number of aryl methyl sites for hydroxylation is 1. The van der Waals surface area contributed by atoms with Crippen molar-refractivity contribution in [2.75, 3.05) is 39.6 Å². The lowest BCUT2D eigenvalue weighted by atomic mass is 9.35. The summed E-state index contributed by atoms with van der Waals surface area (Å²) in [7, 11) is 2.10. The van der Waals surface area contributed by atoms with Crippen LogP contribution in [0, 0.1) is 10.8 Å². The molecule has 9 rings (SSSR count). The van der Waals surface area contributed by atoms with Crippen LogP contribution in [0.2, 0.25) is 0 Å². The van der Waals surface area contributed by atoms with Crippen LogP contribution in [0.25, 0.3) is 32.9 Å². The van der Waals surface area contributed by atoms with Gasteiger partial charge < -0.3 is 28.3 Å². The topological polar surface area (TPSA) is 76.9 Å². The molecule has 3 heterocycles. The Morgan fingerprint density at radius 1 is 0.723 bits per heavy atom. The van der Waals surface area contributed by atoms with Crippen LogP contribution in [-0.4, -0.2) is 66.4 Å². The number of benzene rings is 2. The molecule has 0 N–H and O–H groups in total. The Morgan fingerprint density at radius 2 is 1.49 bits per heavy atom. The Hall–Kier alpha value is -3.82. The van der Waals surface area contributed by atoms with Gasteiger partial charge in [-0.15, -0.1) is 0 Å². The number of rotatable bonds is 16. The highest BCUT2D eigenvalue weighted by atomic mass is 16.5. The van der Waals surface area contributed by atoms with E-state index in [2.05, 4.69) is 64.0 Å². The molecule has 4 aliphatic carbocycles. The van der Waals surface area contributed by atoms with Gasteiger partial charge in [0, 0.05) is 66.4 Å². The number of nitrogens with zero attached hydrogens (tertiary/aromatic N) is 3. The monoisotopic (exact) mass is 633 g/mol. The van der Waals surface area contributed by atoms with Crippen molar-refractivity contribution in [1.82, 2.24) is 14.5 Å². The molecule has 5 aromatic rings. The lowest BCUT2D eigenvalue weighted by Gasteiger charge is -2.70. The van der Waals surface area contributed by atoms with Crippen molar-refractivity contribution in [3.8, 4) is 17.0 Å². The molecule has 244 valence electrons. The predicted molar refractivity (Wildman–Crippen MR) is 181 cm³/mol. The van der Waals surface area contributed by atoms with E-state index in [1.807, 2.05) is 42.9 Å². The second-order valence-corrected chi connectivity index (χ2v) is 13.9. The first-order valence-electron chi connectivity index (χ1n) is 16.9. The maximum Gasteiger partial charge on any atom is 0.213 e. The number of hydrogen-bond acceptors (Lipinski definition) is 7. The normalized spacial score (nSPS) is 24.5. The Bertz CT molecular complexity index is 1800. The Balaban J connectivity index is 0.695. The first-order chi connectivity index (χ1) is 23.1. The highest BCUT2D eigenvalue weighted by molar-refractivity contribution is 6.08. The minimum Gasteiger partial charge on any atom is -0.474 e. The molecule has 0 amide bonds. The van der Waals surface area contributed by atoms with Crippen LogP contribution in [0.5, 0.6) is 5.88 Å². The fourth-order valence-corrected chi connectivity index (χ4v) is 8.00. The number of hydrogen-bond donors (Lipinski definition) is 0. The zero-order valence-electron chi connectivity index (χ0n) is 27.1. The zero-order chi connectivity index (χ0) is 31.7. The summed E-state index contributed by atoms with van der Waals surface area (Å²) < 4.78 is 32.0. The molecule has 4 saturated carbocycles. The molecule has 0 radical (unpaired) electrons. The molecule has 3 aromatic heterocycles. The van der Waals surface area contributed by atoms with Gasteiger partial charge in [-0.05, 0) is 59.4 Å². The van der Waals surface area contributed by atoms with E-state index in [0.717, 1.165) is 37.2 Å². The molecule has 4 aliphatic rings. The summed E-state index contributed by atoms with van der Waals surface area (Å²) in [6.07, 6.45) is 11.7. The van der Waals surface area contributed by atoms with Gasteiger partial charge in [0.05, 0.1) is 57.9 Å². The molecule has 0 saturated heterocycles. The molecule has 8 nitrogen and oxygen atoms in total. The third-order valence-corrected chi connectivity index (χ3v) is 10.4. The van der Waals surface area contributed by atoms with Crippen LogP contribution < -0.4 is 4.74 Å². The van der Waals surface area contributed by atoms with E-state index in [1.165, 1.54) is 46.6 Å². The maximum atomic E-state index is 6.32. The van der Waals surface area contributed by atoms with Gasteiger partial charge in [0.1, 0.15) is 6.10 Å². The largest absolute Gasteiger partial charge is 0.474 e. The smallest absolute Gasteiger partial charge is 0.213 e. The molecule has 8 heteroatoms. The molecule has 47 heavy (non-hydrogen) atoms. The van der Waals surface area contributed by atoms with Gasteiger partial charge >= 0.3 is 0 Å². The molecule has 2 aromatic carbocycles. The molecule has 2 bridgehead atoms. The van der Waals surface area contributed by atoms with Crippen LogP contribution in [0.4, 0.5) is 0 Å². The zero-order valence-corrected chi connectivity index (χ0v) is 27.1. The summed E-state index contributed by atoms with van der Waals surface area (Å²) >= 11 is 0. The first-order valence-corrected chi connectivity index (χ1v) is 16.9. The SMILES string of the molecule is Cn1c2ccncc2c2ccc(-c3ccc(OC4CC(OCC56CC(COCCOCCOCc7ccccc7)(C5)C6)C4)nc3)cc21.